The Morgan fingerprint density at radius 3 is 1.89 bits per heavy atom. The van der Waals surface area contributed by atoms with E-state index in [2.05, 4.69) is 19.8 Å². The van der Waals surface area contributed by atoms with Crippen molar-refractivity contribution in [2.45, 2.75) is 19.8 Å². The van der Waals surface area contributed by atoms with Gasteiger partial charge in [-0.1, -0.05) is 6.92 Å². The van der Waals surface area contributed by atoms with Crippen molar-refractivity contribution in [3.63, 3.8) is 0 Å². The maximum atomic E-state index is 5.35. The van der Waals surface area contributed by atoms with Crippen molar-refractivity contribution in [1.82, 2.24) is 0 Å². The lowest BCUT2D eigenvalue weighted by Gasteiger charge is -2.22. The zero-order valence-corrected chi connectivity index (χ0v) is 12.0. The van der Waals surface area contributed by atoms with Crippen molar-refractivity contribution in [2.75, 3.05) is 27.9 Å². The van der Waals surface area contributed by atoms with Crippen LogP contribution in [-0.4, -0.2) is 42.7 Å². The van der Waals surface area contributed by atoms with Gasteiger partial charge >= 0.3 is 9.05 Å². The van der Waals surface area contributed by atoms with E-state index in [1.165, 1.54) is 21.3 Å². The van der Waals surface area contributed by atoms with Gasteiger partial charge < -0.3 is 10.3 Å². The van der Waals surface area contributed by atoms with Gasteiger partial charge in [-0.3, -0.25) is 0 Å². The number of hydrogen-bond donors (Lipinski definition) is 1. The summed E-state index contributed by atoms with van der Waals surface area (Å²) in [6.45, 7) is 2.13. The number of hydrogen-bond acceptors (Lipinski definition) is 9. The second kappa shape index (κ2) is 10.3. The summed E-state index contributed by atoms with van der Waals surface area (Å²) in [6.07, 6.45) is 1.21. The first-order valence-electron chi connectivity index (χ1n) is 5.23. The first-order chi connectivity index (χ1) is 8.67. The fourth-order valence-corrected chi connectivity index (χ4v) is 2.24. The molecule has 0 radical (unpaired) electrons. The molecule has 0 fully saturated rings. The van der Waals surface area contributed by atoms with Gasteiger partial charge in [-0.15, -0.1) is 0 Å². The van der Waals surface area contributed by atoms with Gasteiger partial charge in [-0.05, 0) is 6.42 Å². The summed E-state index contributed by atoms with van der Waals surface area (Å²) in [5.74, 6) is 5.19. The standard InChI is InChI=1S/C8H20N2O7Si/c1-5-8(10-9)6-7-14-18(15-11-2,16-12-3)17-13-4/h5-7,9H2,1-4H3. The molecule has 9 nitrogen and oxygen atoms in total. The van der Waals surface area contributed by atoms with Gasteiger partial charge in [0.25, 0.3) is 0 Å². The summed E-state index contributed by atoms with van der Waals surface area (Å²) < 4.78 is 19.8. The van der Waals surface area contributed by atoms with Crippen molar-refractivity contribution in [2.24, 2.45) is 10.9 Å². The van der Waals surface area contributed by atoms with E-state index >= 15 is 0 Å². The third kappa shape index (κ3) is 6.37. The first kappa shape index (κ1) is 17.4. The van der Waals surface area contributed by atoms with Crippen LogP contribution in [0.2, 0.25) is 0 Å². The van der Waals surface area contributed by atoms with Crippen molar-refractivity contribution < 1.29 is 32.8 Å². The number of rotatable bonds is 11. The van der Waals surface area contributed by atoms with Gasteiger partial charge in [-0.2, -0.15) is 18.8 Å². The summed E-state index contributed by atoms with van der Waals surface area (Å²) in [5.41, 5.74) is 0.783. The molecule has 0 aliphatic rings. The summed E-state index contributed by atoms with van der Waals surface area (Å²) in [5, 5.41) is 3.60. The van der Waals surface area contributed by atoms with Crippen LogP contribution in [0.1, 0.15) is 19.8 Å². The van der Waals surface area contributed by atoms with Gasteiger partial charge in [0.15, 0.2) is 0 Å². The van der Waals surface area contributed by atoms with Crippen LogP contribution in [0.25, 0.3) is 0 Å². The molecule has 0 spiro atoms. The highest BCUT2D eigenvalue weighted by Gasteiger charge is 2.51. The Hall–Kier alpha value is -0.593. The minimum atomic E-state index is -3.65. The van der Waals surface area contributed by atoms with E-state index in [1.54, 1.807) is 0 Å². The smallest absolute Gasteiger partial charge is 0.347 e. The first-order valence-corrected chi connectivity index (χ1v) is 6.86. The SMILES string of the molecule is CCC(CCO[Si](OOC)(OOC)OOC)=NN. The Bertz CT molecular complexity index is 224. The fourth-order valence-electron chi connectivity index (χ4n) is 1.05. The predicted octanol–water partition coefficient (Wildman–Crippen LogP) is 0.287. The van der Waals surface area contributed by atoms with E-state index in [-0.39, 0.29) is 6.61 Å². The summed E-state index contributed by atoms with van der Waals surface area (Å²) in [6, 6.07) is 0. The maximum Gasteiger partial charge on any atom is 0.764 e. The summed E-state index contributed by atoms with van der Waals surface area (Å²) >= 11 is 0. The fraction of sp³-hybridized carbons (Fsp3) is 0.875. The van der Waals surface area contributed by atoms with Crippen LogP contribution in [0.4, 0.5) is 0 Å². The molecule has 0 aliphatic carbocycles. The van der Waals surface area contributed by atoms with Crippen LogP contribution in [-0.2, 0) is 32.8 Å². The summed E-state index contributed by atoms with van der Waals surface area (Å²) in [4.78, 5) is 13.5. The van der Waals surface area contributed by atoms with Gasteiger partial charge in [0.2, 0.25) is 0 Å². The zero-order chi connectivity index (χ0) is 13.9. The number of nitrogens with zero attached hydrogens (tertiary/aromatic N) is 1. The van der Waals surface area contributed by atoms with Gasteiger partial charge in [-0.25, -0.2) is 14.7 Å². The maximum absolute atomic E-state index is 5.35. The number of hydrazone groups is 1. The van der Waals surface area contributed by atoms with Crippen molar-refractivity contribution >= 4 is 14.8 Å². The molecule has 0 amide bonds. The van der Waals surface area contributed by atoms with Crippen molar-refractivity contribution in [3.8, 4) is 0 Å². The zero-order valence-electron chi connectivity index (χ0n) is 11.0. The normalized spacial score (nSPS) is 13.0. The van der Waals surface area contributed by atoms with E-state index in [0.29, 0.717) is 6.42 Å². The minimum Gasteiger partial charge on any atom is -0.347 e. The molecule has 0 aromatic carbocycles. The lowest BCUT2D eigenvalue weighted by molar-refractivity contribution is -0.370. The second-order valence-electron chi connectivity index (χ2n) is 2.90. The Balaban J connectivity index is 4.37. The molecule has 0 saturated heterocycles. The highest BCUT2D eigenvalue weighted by Crippen LogP contribution is 2.13. The minimum absolute atomic E-state index is 0.201. The van der Waals surface area contributed by atoms with Crippen LogP contribution in [0, 0.1) is 0 Å². The molecule has 10 heteroatoms. The van der Waals surface area contributed by atoms with Crippen LogP contribution in [0.15, 0.2) is 5.10 Å². The average molecular weight is 284 g/mol. The van der Waals surface area contributed by atoms with E-state index in [0.717, 1.165) is 12.1 Å². The molecule has 0 atom stereocenters. The molecular formula is C8H20N2O7Si. The molecule has 18 heavy (non-hydrogen) atoms. The highest BCUT2D eigenvalue weighted by molar-refractivity contribution is 6.52. The van der Waals surface area contributed by atoms with Crippen LogP contribution in [0.3, 0.4) is 0 Å². The monoisotopic (exact) mass is 284 g/mol. The topological polar surface area (TPSA) is 103 Å². The number of nitrogens with two attached hydrogens (primary N) is 1. The lowest BCUT2D eigenvalue weighted by atomic mass is 10.2. The largest absolute Gasteiger partial charge is 0.764 e. The van der Waals surface area contributed by atoms with E-state index in [4.69, 9.17) is 24.0 Å². The molecule has 0 unspecified atom stereocenters. The molecule has 0 aromatic heterocycles. The molecule has 0 aliphatic heterocycles. The third-order valence-corrected chi connectivity index (χ3v) is 3.49. The molecule has 0 bridgehead atoms. The van der Waals surface area contributed by atoms with Gasteiger partial charge in [0.05, 0.1) is 21.3 Å². The van der Waals surface area contributed by atoms with Crippen molar-refractivity contribution in [1.29, 1.82) is 0 Å². The highest BCUT2D eigenvalue weighted by atomic mass is 28.4. The molecule has 0 aromatic rings. The molecule has 108 valence electrons. The van der Waals surface area contributed by atoms with Crippen LogP contribution < -0.4 is 5.84 Å². The molecule has 0 saturated carbocycles. The Morgan fingerprint density at radius 1 is 1.06 bits per heavy atom. The summed E-state index contributed by atoms with van der Waals surface area (Å²) in [7, 11) is 0.189. The second-order valence-corrected chi connectivity index (χ2v) is 4.69. The predicted molar refractivity (Wildman–Crippen MR) is 62.5 cm³/mol. The average Bonchev–Trinajstić information content (AvgIpc) is 2.36. The molecular weight excluding hydrogens is 264 g/mol. The lowest BCUT2D eigenvalue weighted by Crippen LogP contribution is -2.49. The van der Waals surface area contributed by atoms with Crippen LogP contribution in [0.5, 0.6) is 0 Å². The van der Waals surface area contributed by atoms with Crippen molar-refractivity contribution in [3.05, 3.63) is 0 Å². The van der Waals surface area contributed by atoms with Crippen LogP contribution >= 0.6 is 0 Å². The Kier molecular flexibility index (Phi) is 10.00. The van der Waals surface area contributed by atoms with Gasteiger partial charge in [0, 0.05) is 18.7 Å². The Morgan fingerprint density at radius 2 is 1.56 bits per heavy atom. The third-order valence-electron chi connectivity index (χ3n) is 1.82. The quantitative estimate of drug-likeness (QED) is 0.190. The van der Waals surface area contributed by atoms with E-state index < -0.39 is 9.05 Å². The van der Waals surface area contributed by atoms with E-state index in [9.17, 15) is 0 Å². The van der Waals surface area contributed by atoms with Gasteiger partial charge in [0.1, 0.15) is 0 Å². The Labute approximate surface area is 107 Å². The molecule has 0 rings (SSSR count). The molecule has 2 N–H and O–H groups in total. The van der Waals surface area contributed by atoms with E-state index in [1.807, 2.05) is 6.92 Å². The molecule has 0 heterocycles.